The van der Waals surface area contributed by atoms with Crippen molar-refractivity contribution in [1.29, 1.82) is 0 Å². The lowest BCUT2D eigenvalue weighted by atomic mass is 10.2. The second kappa shape index (κ2) is 7.20. The van der Waals surface area contributed by atoms with Crippen LogP contribution in [0.4, 0.5) is 28.7 Å². The van der Waals surface area contributed by atoms with Gasteiger partial charge >= 0.3 is 0 Å². The number of hydrogen-bond acceptors (Lipinski definition) is 7. The first-order chi connectivity index (χ1) is 13.2. The molecule has 0 unspecified atom stereocenters. The summed E-state index contributed by atoms with van der Waals surface area (Å²) in [6.45, 7) is 1.71. The van der Waals surface area contributed by atoms with Crippen LogP contribution in [0.1, 0.15) is 6.92 Å². The maximum Gasteiger partial charge on any atom is 0.231 e. The van der Waals surface area contributed by atoms with Gasteiger partial charge in [0.1, 0.15) is 18.0 Å². The van der Waals surface area contributed by atoms with Gasteiger partial charge in [-0.05, 0) is 36.4 Å². The van der Waals surface area contributed by atoms with E-state index in [9.17, 15) is 4.79 Å². The Kier molecular flexibility index (Phi) is 4.44. The molecule has 1 amide bonds. The summed E-state index contributed by atoms with van der Waals surface area (Å²) in [6.07, 6.45) is 1.48. The molecule has 0 saturated heterocycles. The molecule has 2 heterocycles. The van der Waals surface area contributed by atoms with Gasteiger partial charge in [0, 0.05) is 36.1 Å². The van der Waals surface area contributed by atoms with Gasteiger partial charge in [-0.2, -0.15) is 0 Å². The molecule has 0 bridgehead atoms. The van der Waals surface area contributed by atoms with Gasteiger partial charge in [-0.3, -0.25) is 4.79 Å². The fourth-order valence-electron chi connectivity index (χ4n) is 2.60. The zero-order valence-electron chi connectivity index (χ0n) is 14.5. The van der Waals surface area contributed by atoms with Gasteiger partial charge in [-0.1, -0.05) is 0 Å². The molecule has 0 radical (unpaired) electrons. The molecule has 3 N–H and O–H groups in total. The number of nitrogens with zero attached hydrogens (tertiary/aromatic N) is 2. The minimum Gasteiger partial charge on any atom is -0.454 e. The Morgan fingerprint density at radius 2 is 1.48 bits per heavy atom. The summed E-state index contributed by atoms with van der Waals surface area (Å²) >= 11 is 0. The Morgan fingerprint density at radius 1 is 0.852 bits per heavy atom. The number of anilines is 5. The van der Waals surface area contributed by atoms with Crippen LogP contribution < -0.4 is 25.4 Å². The molecule has 1 aromatic heterocycles. The molecule has 1 aliphatic rings. The number of carbonyl (C=O) groups is 1. The first-order valence-corrected chi connectivity index (χ1v) is 8.29. The first kappa shape index (κ1) is 16.6. The lowest BCUT2D eigenvalue weighted by Gasteiger charge is -2.10. The normalized spacial score (nSPS) is 11.7. The summed E-state index contributed by atoms with van der Waals surface area (Å²) < 4.78 is 10.7. The average Bonchev–Trinajstić information content (AvgIpc) is 3.11. The van der Waals surface area contributed by atoms with Crippen LogP contribution in [-0.2, 0) is 4.79 Å². The van der Waals surface area contributed by atoms with Crippen molar-refractivity contribution in [2.75, 3.05) is 22.7 Å². The van der Waals surface area contributed by atoms with Gasteiger partial charge in [-0.25, -0.2) is 9.97 Å². The van der Waals surface area contributed by atoms with E-state index in [1.807, 2.05) is 42.5 Å². The smallest absolute Gasteiger partial charge is 0.231 e. The van der Waals surface area contributed by atoms with E-state index >= 15 is 0 Å². The molecule has 0 spiro atoms. The highest BCUT2D eigenvalue weighted by Gasteiger charge is 2.13. The number of aromatic nitrogens is 2. The molecule has 0 aliphatic carbocycles. The van der Waals surface area contributed by atoms with Crippen molar-refractivity contribution in [1.82, 2.24) is 9.97 Å². The molecule has 8 nitrogen and oxygen atoms in total. The summed E-state index contributed by atoms with van der Waals surface area (Å²) in [6, 6.07) is 14.7. The fourth-order valence-corrected chi connectivity index (χ4v) is 2.60. The predicted molar refractivity (Wildman–Crippen MR) is 102 cm³/mol. The van der Waals surface area contributed by atoms with Crippen molar-refractivity contribution >= 4 is 34.6 Å². The number of ether oxygens (including phenoxy) is 2. The van der Waals surface area contributed by atoms with Gasteiger partial charge in [0.2, 0.25) is 12.7 Å². The highest BCUT2D eigenvalue weighted by Crippen LogP contribution is 2.35. The van der Waals surface area contributed by atoms with Crippen molar-refractivity contribution in [2.24, 2.45) is 0 Å². The largest absolute Gasteiger partial charge is 0.454 e. The third kappa shape index (κ3) is 4.06. The number of rotatable bonds is 5. The fraction of sp³-hybridized carbons (Fsp3) is 0.105. The van der Waals surface area contributed by atoms with E-state index < -0.39 is 0 Å². The van der Waals surface area contributed by atoms with Crippen LogP contribution in [0.25, 0.3) is 0 Å². The number of carbonyl (C=O) groups excluding carboxylic acids is 1. The molecule has 4 rings (SSSR count). The quantitative estimate of drug-likeness (QED) is 0.636. The van der Waals surface area contributed by atoms with E-state index in [-0.39, 0.29) is 12.7 Å². The van der Waals surface area contributed by atoms with Crippen molar-refractivity contribution < 1.29 is 14.3 Å². The monoisotopic (exact) mass is 363 g/mol. The van der Waals surface area contributed by atoms with E-state index in [4.69, 9.17) is 9.47 Å². The Balaban J connectivity index is 1.45. The molecule has 27 heavy (non-hydrogen) atoms. The number of benzene rings is 2. The molecule has 1 aliphatic heterocycles. The van der Waals surface area contributed by atoms with Gasteiger partial charge in [0.25, 0.3) is 0 Å². The molecule has 0 fully saturated rings. The molecule has 2 aromatic carbocycles. The summed E-state index contributed by atoms with van der Waals surface area (Å²) in [5.41, 5.74) is 2.42. The average molecular weight is 363 g/mol. The van der Waals surface area contributed by atoms with E-state index in [0.29, 0.717) is 17.4 Å². The van der Waals surface area contributed by atoms with E-state index in [2.05, 4.69) is 25.9 Å². The zero-order valence-corrected chi connectivity index (χ0v) is 14.5. The van der Waals surface area contributed by atoms with Gasteiger partial charge in [0.15, 0.2) is 11.5 Å². The van der Waals surface area contributed by atoms with Crippen molar-refractivity contribution in [3.8, 4) is 11.5 Å². The van der Waals surface area contributed by atoms with E-state index in [0.717, 1.165) is 22.8 Å². The van der Waals surface area contributed by atoms with Crippen LogP contribution >= 0.6 is 0 Å². The van der Waals surface area contributed by atoms with Gasteiger partial charge in [-0.15, -0.1) is 0 Å². The third-order valence-corrected chi connectivity index (χ3v) is 3.79. The molecule has 136 valence electrons. The number of amides is 1. The summed E-state index contributed by atoms with van der Waals surface area (Å²) in [5, 5.41) is 9.15. The minimum absolute atomic E-state index is 0.106. The number of hydrogen-bond donors (Lipinski definition) is 3. The van der Waals surface area contributed by atoms with Gasteiger partial charge < -0.3 is 25.4 Å². The Bertz CT molecular complexity index is 975. The maximum absolute atomic E-state index is 11.1. The second-order valence-corrected chi connectivity index (χ2v) is 5.87. The molecule has 0 saturated carbocycles. The summed E-state index contributed by atoms with van der Waals surface area (Å²) in [4.78, 5) is 19.5. The molecule has 3 aromatic rings. The molecular formula is C19H17N5O3. The van der Waals surface area contributed by atoms with Crippen LogP contribution in [0.15, 0.2) is 54.9 Å². The first-order valence-electron chi connectivity index (χ1n) is 8.29. The van der Waals surface area contributed by atoms with Gasteiger partial charge in [0.05, 0.1) is 0 Å². The lowest BCUT2D eigenvalue weighted by molar-refractivity contribution is -0.114. The standard InChI is InChI=1S/C19H17N5O3/c1-12(25)22-13-2-4-14(5-3-13)23-18-9-19(21-10-20-18)24-15-6-7-16-17(8-15)27-11-26-16/h2-10H,11H2,1H3,(H,22,25)(H2,20,21,23,24). The SMILES string of the molecule is CC(=O)Nc1ccc(Nc2cc(Nc3ccc4c(c3)OCO4)ncn2)cc1. The third-order valence-electron chi connectivity index (χ3n) is 3.79. The van der Waals surface area contributed by atoms with Crippen LogP contribution in [0.2, 0.25) is 0 Å². The van der Waals surface area contributed by atoms with Crippen LogP contribution in [-0.4, -0.2) is 22.7 Å². The van der Waals surface area contributed by atoms with Crippen LogP contribution in [0.5, 0.6) is 11.5 Å². The minimum atomic E-state index is -0.106. The van der Waals surface area contributed by atoms with Crippen LogP contribution in [0, 0.1) is 0 Å². The predicted octanol–water partition coefficient (Wildman–Crippen LogP) is 3.65. The Hall–Kier alpha value is -3.81. The van der Waals surface area contributed by atoms with Crippen LogP contribution in [0.3, 0.4) is 0 Å². The zero-order chi connectivity index (χ0) is 18.6. The number of nitrogens with one attached hydrogen (secondary N) is 3. The van der Waals surface area contributed by atoms with Crippen molar-refractivity contribution in [3.05, 3.63) is 54.9 Å². The van der Waals surface area contributed by atoms with E-state index in [1.54, 1.807) is 6.07 Å². The van der Waals surface area contributed by atoms with Crippen molar-refractivity contribution in [3.63, 3.8) is 0 Å². The summed E-state index contributed by atoms with van der Waals surface area (Å²) in [5.74, 6) is 2.60. The Labute approximate surface area is 155 Å². The lowest BCUT2D eigenvalue weighted by Crippen LogP contribution is -2.05. The molecular weight excluding hydrogens is 346 g/mol. The summed E-state index contributed by atoms with van der Waals surface area (Å²) in [7, 11) is 0. The Morgan fingerprint density at radius 3 is 2.22 bits per heavy atom. The highest BCUT2D eigenvalue weighted by molar-refractivity contribution is 5.88. The maximum atomic E-state index is 11.1. The second-order valence-electron chi connectivity index (χ2n) is 5.87. The highest BCUT2D eigenvalue weighted by atomic mass is 16.7. The topological polar surface area (TPSA) is 97.4 Å². The molecule has 0 atom stereocenters. The number of fused-ring (bicyclic) bond motifs is 1. The van der Waals surface area contributed by atoms with E-state index in [1.165, 1.54) is 13.3 Å². The molecule has 8 heteroatoms. The van der Waals surface area contributed by atoms with Crippen molar-refractivity contribution in [2.45, 2.75) is 6.92 Å².